The van der Waals surface area contributed by atoms with E-state index in [1.165, 1.54) is 30.4 Å². The van der Waals surface area contributed by atoms with Crippen molar-refractivity contribution in [3.05, 3.63) is 34.9 Å². The molecule has 22 heavy (non-hydrogen) atoms. The molecule has 4 rings (SSSR count). The van der Waals surface area contributed by atoms with Gasteiger partial charge in [0.15, 0.2) is 0 Å². The van der Waals surface area contributed by atoms with Crippen LogP contribution in [-0.2, 0) is 14.9 Å². The highest BCUT2D eigenvalue weighted by molar-refractivity contribution is 5.99. The highest BCUT2D eigenvalue weighted by Crippen LogP contribution is 2.55. The summed E-state index contributed by atoms with van der Waals surface area (Å²) in [6.45, 7) is 0.150. The third-order valence-electron chi connectivity index (χ3n) is 5.15. The number of esters is 1. The van der Waals surface area contributed by atoms with Crippen LogP contribution >= 0.6 is 0 Å². The maximum atomic E-state index is 14.1. The normalized spacial score (nSPS) is 29.5. The molecule has 0 bridgehead atoms. The zero-order chi connectivity index (χ0) is 15.5. The number of halogens is 1. The van der Waals surface area contributed by atoms with Crippen molar-refractivity contribution in [2.75, 3.05) is 20.2 Å². The number of rotatable bonds is 3. The van der Waals surface area contributed by atoms with Gasteiger partial charge in [0, 0.05) is 17.5 Å². The van der Waals surface area contributed by atoms with Gasteiger partial charge in [-0.3, -0.25) is 9.59 Å². The number of hydrogen-bond donors (Lipinski definition) is 0. The summed E-state index contributed by atoms with van der Waals surface area (Å²) in [6, 6.07) is 5.81. The highest BCUT2D eigenvalue weighted by Gasteiger charge is 2.61. The maximum Gasteiger partial charge on any atom is 0.325 e. The molecule has 1 spiro atoms. The SMILES string of the molecule is COC(=O)CN1C[C@]2(C[C@H]2F)c2cc(C3CC3)ccc2C1=O. The number of alkyl halides is 1. The third-order valence-corrected chi connectivity index (χ3v) is 5.15. The Bertz CT molecular complexity index is 670. The molecule has 0 aromatic heterocycles. The second-order valence-electron chi connectivity index (χ2n) is 6.64. The fraction of sp³-hybridized carbons (Fsp3) is 0.529. The van der Waals surface area contributed by atoms with Crippen molar-refractivity contribution in [3.63, 3.8) is 0 Å². The van der Waals surface area contributed by atoms with Crippen molar-refractivity contribution in [1.29, 1.82) is 0 Å². The van der Waals surface area contributed by atoms with Crippen LogP contribution in [0.1, 0.15) is 46.7 Å². The Morgan fingerprint density at radius 3 is 2.77 bits per heavy atom. The first-order valence-corrected chi connectivity index (χ1v) is 7.70. The van der Waals surface area contributed by atoms with Crippen LogP contribution in [0.2, 0.25) is 0 Å². The highest BCUT2D eigenvalue weighted by atomic mass is 19.1. The summed E-state index contributed by atoms with van der Waals surface area (Å²) in [6.07, 6.45) is 1.84. The lowest BCUT2D eigenvalue weighted by molar-refractivity contribution is -0.141. The lowest BCUT2D eigenvalue weighted by atomic mass is 9.84. The molecular weight excluding hydrogens is 285 g/mol. The Balaban J connectivity index is 1.73. The van der Waals surface area contributed by atoms with E-state index in [1.807, 2.05) is 18.2 Å². The van der Waals surface area contributed by atoms with E-state index in [4.69, 9.17) is 0 Å². The van der Waals surface area contributed by atoms with Crippen LogP contribution < -0.4 is 0 Å². The molecule has 5 heteroatoms. The number of methoxy groups -OCH3 is 1. The van der Waals surface area contributed by atoms with Crippen LogP contribution in [0.25, 0.3) is 0 Å². The summed E-state index contributed by atoms with van der Waals surface area (Å²) in [4.78, 5) is 25.5. The van der Waals surface area contributed by atoms with Crippen LogP contribution in [0.15, 0.2) is 18.2 Å². The molecule has 0 unspecified atom stereocenters. The Labute approximate surface area is 128 Å². The summed E-state index contributed by atoms with van der Waals surface area (Å²) in [5, 5.41) is 0. The average Bonchev–Trinajstić information content (AvgIpc) is 3.42. The summed E-state index contributed by atoms with van der Waals surface area (Å²) in [5.41, 5.74) is 1.99. The molecule has 2 saturated carbocycles. The van der Waals surface area contributed by atoms with Gasteiger partial charge in [-0.05, 0) is 42.4 Å². The summed E-state index contributed by atoms with van der Waals surface area (Å²) < 4.78 is 18.8. The zero-order valence-electron chi connectivity index (χ0n) is 12.5. The Morgan fingerprint density at radius 1 is 1.45 bits per heavy atom. The first-order valence-electron chi connectivity index (χ1n) is 7.70. The largest absolute Gasteiger partial charge is 0.468 e. The Morgan fingerprint density at radius 2 is 2.18 bits per heavy atom. The molecule has 1 aromatic carbocycles. The van der Waals surface area contributed by atoms with Crippen molar-refractivity contribution in [2.45, 2.75) is 36.8 Å². The molecule has 0 radical (unpaired) electrons. The summed E-state index contributed by atoms with van der Waals surface area (Å²) >= 11 is 0. The molecule has 1 aliphatic heterocycles. The van der Waals surface area contributed by atoms with Crippen molar-refractivity contribution in [1.82, 2.24) is 4.90 Å². The van der Waals surface area contributed by atoms with Crippen molar-refractivity contribution < 1.29 is 18.7 Å². The number of benzene rings is 1. The molecule has 0 N–H and O–H groups in total. The van der Waals surface area contributed by atoms with E-state index < -0.39 is 17.6 Å². The minimum atomic E-state index is -0.936. The monoisotopic (exact) mass is 303 g/mol. The van der Waals surface area contributed by atoms with Gasteiger partial charge < -0.3 is 9.64 Å². The lowest BCUT2D eigenvalue weighted by Gasteiger charge is -2.34. The predicted octanol–water partition coefficient (Wildman–Crippen LogP) is 2.17. The van der Waals surface area contributed by atoms with Crippen LogP contribution in [0.3, 0.4) is 0 Å². The first-order chi connectivity index (χ1) is 10.5. The minimum Gasteiger partial charge on any atom is -0.468 e. The molecule has 1 aromatic rings. The van der Waals surface area contributed by atoms with E-state index >= 15 is 0 Å². The topological polar surface area (TPSA) is 46.6 Å². The zero-order valence-corrected chi connectivity index (χ0v) is 12.5. The van der Waals surface area contributed by atoms with Crippen LogP contribution in [-0.4, -0.2) is 43.1 Å². The van der Waals surface area contributed by atoms with Gasteiger partial charge in [0.1, 0.15) is 12.7 Å². The van der Waals surface area contributed by atoms with E-state index in [-0.39, 0.29) is 19.0 Å². The quantitative estimate of drug-likeness (QED) is 0.804. The molecule has 0 saturated heterocycles. The standard InChI is InChI=1S/C17H18FNO3/c1-22-15(20)8-19-9-17(7-14(17)18)13-6-11(10-2-3-10)4-5-12(13)16(19)21/h4-6,10,14H,2-3,7-9H2,1H3/t14-,17-/m1/s1. The van der Waals surface area contributed by atoms with E-state index in [2.05, 4.69) is 4.74 Å². The molecular formula is C17H18FNO3. The van der Waals surface area contributed by atoms with Crippen molar-refractivity contribution in [3.8, 4) is 0 Å². The summed E-state index contributed by atoms with van der Waals surface area (Å²) in [7, 11) is 1.29. The number of amides is 1. The van der Waals surface area contributed by atoms with Crippen molar-refractivity contribution >= 4 is 11.9 Å². The van der Waals surface area contributed by atoms with E-state index in [1.54, 1.807) is 0 Å². The predicted molar refractivity (Wildman–Crippen MR) is 77.5 cm³/mol. The van der Waals surface area contributed by atoms with Gasteiger partial charge in [0.2, 0.25) is 0 Å². The number of nitrogens with zero attached hydrogens (tertiary/aromatic N) is 1. The summed E-state index contributed by atoms with van der Waals surface area (Å²) in [5.74, 6) is -0.104. The van der Waals surface area contributed by atoms with Gasteiger partial charge in [-0.2, -0.15) is 0 Å². The van der Waals surface area contributed by atoms with Gasteiger partial charge >= 0.3 is 5.97 Å². The van der Waals surface area contributed by atoms with E-state index in [0.29, 0.717) is 17.9 Å². The molecule has 116 valence electrons. The number of carbonyl (C=O) groups excluding carboxylic acids is 2. The second kappa shape index (κ2) is 4.54. The third kappa shape index (κ3) is 1.95. The van der Waals surface area contributed by atoms with Crippen molar-refractivity contribution in [2.24, 2.45) is 0 Å². The maximum absolute atomic E-state index is 14.1. The van der Waals surface area contributed by atoms with Crippen LogP contribution in [0.4, 0.5) is 4.39 Å². The molecule has 4 nitrogen and oxygen atoms in total. The molecule has 2 fully saturated rings. The molecule has 1 amide bonds. The van der Waals surface area contributed by atoms with Gasteiger partial charge in [-0.1, -0.05) is 12.1 Å². The van der Waals surface area contributed by atoms with Crippen LogP contribution in [0, 0.1) is 0 Å². The van der Waals surface area contributed by atoms with E-state index in [9.17, 15) is 14.0 Å². The molecule has 1 heterocycles. The smallest absolute Gasteiger partial charge is 0.325 e. The molecule has 3 aliphatic rings. The number of ether oxygens (including phenoxy) is 1. The average molecular weight is 303 g/mol. The van der Waals surface area contributed by atoms with Gasteiger partial charge in [-0.25, -0.2) is 4.39 Å². The van der Waals surface area contributed by atoms with Gasteiger partial charge in [-0.15, -0.1) is 0 Å². The Kier molecular flexibility index (Phi) is 2.83. The molecule has 2 aliphatic carbocycles. The first kappa shape index (κ1) is 13.7. The number of carbonyl (C=O) groups is 2. The van der Waals surface area contributed by atoms with Gasteiger partial charge in [0.05, 0.1) is 7.11 Å². The minimum absolute atomic E-state index is 0.117. The fourth-order valence-corrected chi connectivity index (χ4v) is 3.55. The number of fused-ring (bicyclic) bond motifs is 2. The second-order valence-corrected chi connectivity index (χ2v) is 6.64. The number of hydrogen-bond acceptors (Lipinski definition) is 3. The Hall–Kier alpha value is -1.91. The van der Waals surface area contributed by atoms with Gasteiger partial charge in [0.25, 0.3) is 5.91 Å². The van der Waals surface area contributed by atoms with E-state index in [0.717, 1.165) is 5.56 Å². The lowest BCUT2D eigenvalue weighted by Crippen LogP contribution is -2.46. The van der Waals surface area contributed by atoms with Crippen LogP contribution in [0.5, 0.6) is 0 Å². The molecule has 2 atom stereocenters. The fourth-order valence-electron chi connectivity index (χ4n) is 3.55.